The lowest BCUT2D eigenvalue weighted by atomic mass is 10.2. The van der Waals surface area contributed by atoms with Gasteiger partial charge >= 0.3 is 0 Å². The second-order valence-electron chi connectivity index (χ2n) is 7.05. The molecule has 110 valence electrons. The summed E-state index contributed by atoms with van der Waals surface area (Å²) in [5.41, 5.74) is 1.41. The fourth-order valence-corrected chi connectivity index (χ4v) is 3.00. The molecule has 0 radical (unpaired) electrons. The first-order valence-corrected chi connectivity index (χ1v) is 8.33. The second-order valence-corrected chi connectivity index (χ2v) is 7.05. The predicted molar refractivity (Wildman–Crippen MR) is 79.5 cm³/mol. The van der Waals surface area contributed by atoms with Gasteiger partial charge in [-0.2, -0.15) is 0 Å². The van der Waals surface area contributed by atoms with Crippen LogP contribution in [0.1, 0.15) is 55.6 Å². The Morgan fingerprint density at radius 3 is 2.65 bits per heavy atom. The first-order valence-electron chi connectivity index (χ1n) is 8.33. The Morgan fingerprint density at radius 1 is 1.20 bits per heavy atom. The van der Waals surface area contributed by atoms with Gasteiger partial charge in [-0.3, -0.25) is 4.90 Å². The van der Waals surface area contributed by atoms with Gasteiger partial charge in [-0.1, -0.05) is 0 Å². The van der Waals surface area contributed by atoms with Gasteiger partial charge in [-0.05, 0) is 57.4 Å². The van der Waals surface area contributed by atoms with Crippen molar-refractivity contribution in [2.45, 2.75) is 70.6 Å². The van der Waals surface area contributed by atoms with Gasteiger partial charge in [-0.15, -0.1) is 0 Å². The molecule has 1 N–H and O–H groups in total. The van der Waals surface area contributed by atoms with E-state index in [4.69, 9.17) is 4.42 Å². The van der Waals surface area contributed by atoms with E-state index in [0.29, 0.717) is 0 Å². The van der Waals surface area contributed by atoms with Crippen molar-refractivity contribution in [3.63, 3.8) is 0 Å². The SMILES string of the molecule is Cc1oc(CNC2CC2)cc1CN(CC1CC1)C1CC1. The quantitative estimate of drug-likeness (QED) is 0.789. The van der Waals surface area contributed by atoms with Crippen molar-refractivity contribution < 1.29 is 4.42 Å². The zero-order chi connectivity index (χ0) is 13.5. The van der Waals surface area contributed by atoms with Crippen molar-refractivity contribution in [3.05, 3.63) is 23.2 Å². The first kappa shape index (κ1) is 12.9. The molecule has 0 unspecified atom stereocenters. The highest BCUT2D eigenvalue weighted by Crippen LogP contribution is 2.36. The van der Waals surface area contributed by atoms with Gasteiger partial charge in [0, 0.05) is 30.7 Å². The summed E-state index contributed by atoms with van der Waals surface area (Å²) in [6.45, 7) is 5.43. The Balaban J connectivity index is 1.37. The highest BCUT2D eigenvalue weighted by molar-refractivity contribution is 5.21. The normalized spacial score (nSPS) is 22.7. The summed E-state index contributed by atoms with van der Waals surface area (Å²) in [5, 5.41) is 3.54. The van der Waals surface area contributed by atoms with Crippen LogP contribution in [0.2, 0.25) is 0 Å². The Morgan fingerprint density at radius 2 is 2.00 bits per heavy atom. The summed E-state index contributed by atoms with van der Waals surface area (Å²) in [6, 6.07) is 3.90. The number of furan rings is 1. The highest BCUT2D eigenvalue weighted by Gasteiger charge is 2.34. The maximum absolute atomic E-state index is 5.93. The summed E-state index contributed by atoms with van der Waals surface area (Å²) < 4.78 is 5.93. The molecule has 1 aromatic heterocycles. The van der Waals surface area contributed by atoms with Crippen molar-refractivity contribution in [3.8, 4) is 0 Å². The van der Waals surface area contributed by atoms with Crippen molar-refractivity contribution in [1.29, 1.82) is 0 Å². The lowest BCUT2D eigenvalue weighted by molar-refractivity contribution is 0.242. The molecule has 0 bridgehead atoms. The predicted octanol–water partition coefficient (Wildman–Crippen LogP) is 3.21. The third-order valence-electron chi connectivity index (χ3n) is 4.84. The van der Waals surface area contributed by atoms with E-state index < -0.39 is 0 Å². The van der Waals surface area contributed by atoms with Crippen molar-refractivity contribution in [2.75, 3.05) is 6.54 Å². The van der Waals surface area contributed by atoms with Crippen LogP contribution >= 0.6 is 0 Å². The lowest BCUT2D eigenvalue weighted by Gasteiger charge is -2.21. The van der Waals surface area contributed by atoms with E-state index in [1.807, 2.05) is 0 Å². The molecule has 3 saturated carbocycles. The Hall–Kier alpha value is -0.800. The lowest BCUT2D eigenvalue weighted by Crippen LogP contribution is -2.27. The molecule has 3 aliphatic carbocycles. The summed E-state index contributed by atoms with van der Waals surface area (Å²) >= 11 is 0. The van der Waals surface area contributed by atoms with Crippen molar-refractivity contribution in [1.82, 2.24) is 10.2 Å². The third-order valence-corrected chi connectivity index (χ3v) is 4.84. The third kappa shape index (κ3) is 3.26. The average molecular weight is 274 g/mol. The Kier molecular flexibility index (Phi) is 3.35. The molecule has 3 heteroatoms. The van der Waals surface area contributed by atoms with Crippen molar-refractivity contribution >= 4 is 0 Å². The molecule has 0 amide bonds. The molecular formula is C17H26N2O. The number of hydrogen-bond donors (Lipinski definition) is 1. The maximum Gasteiger partial charge on any atom is 0.118 e. The van der Waals surface area contributed by atoms with Crippen LogP contribution in [-0.2, 0) is 13.1 Å². The molecular weight excluding hydrogens is 248 g/mol. The van der Waals surface area contributed by atoms with E-state index in [-0.39, 0.29) is 0 Å². The topological polar surface area (TPSA) is 28.4 Å². The molecule has 20 heavy (non-hydrogen) atoms. The Bertz CT molecular complexity index is 469. The van der Waals surface area contributed by atoms with Gasteiger partial charge in [0.25, 0.3) is 0 Å². The van der Waals surface area contributed by atoms with Gasteiger partial charge in [0.2, 0.25) is 0 Å². The molecule has 0 aliphatic heterocycles. The molecule has 0 aromatic carbocycles. The summed E-state index contributed by atoms with van der Waals surface area (Å²) in [6.07, 6.45) is 8.38. The van der Waals surface area contributed by atoms with E-state index in [2.05, 4.69) is 23.2 Å². The highest BCUT2D eigenvalue weighted by atomic mass is 16.3. The molecule has 3 nitrogen and oxygen atoms in total. The molecule has 0 saturated heterocycles. The van der Waals surface area contributed by atoms with Crippen LogP contribution in [0, 0.1) is 12.8 Å². The fourth-order valence-electron chi connectivity index (χ4n) is 3.00. The van der Waals surface area contributed by atoms with E-state index in [0.717, 1.165) is 42.6 Å². The van der Waals surface area contributed by atoms with Crippen LogP contribution in [-0.4, -0.2) is 23.5 Å². The molecule has 0 atom stereocenters. The largest absolute Gasteiger partial charge is 0.465 e. The Labute approximate surface area is 121 Å². The zero-order valence-corrected chi connectivity index (χ0v) is 12.5. The van der Waals surface area contributed by atoms with Gasteiger partial charge in [0.15, 0.2) is 0 Å². The summed E-state index contributed by atoms with van der Waals surface area (Å²) in [4.78, 5) is 2.70. The summed E-state index contributed by atoms with van der Waals surface area (Å²) in [7, 11) is 0. The molecule has 3 aliphatic rings. The minimum absolute atomic E-state index is 0.752. The molecule has 0 spiro atoms. The fraction of sp³-hybridized carbons (Fsp3) is 0.765. The van der Waals surface area contributed by atoms with Crippen LogP contribution in [0.3, 0.4) is 0 Å². The molecule has 4 rings (SSSR count). The standard InChI is InChI=1S/C17H26N2O/c1-12-14(8-17(20-12)9-18-15-4-5-15)11-19(16-6-7-16)10-13-2-3-13/h8,13,15-16,18H,2-7,9-11H2,1H3. The first-order chi connectivity index (χ1) is 9.78. The van der Waals surface area contributed by atoms with Gasteiger partial charge in [0.1, 0.15) is 11.5 Å². The van der Waals surface area contributed by atoms with Gasteiger partial charge < -0.3 is 9.73 Å². The molecule has 3 fully saturated rings. The van der Waals surface area contributed by atoms with Gasteiger partial charge in [0.05, 0.1) is 6.54 Å². The monoisotopic (exact) mass is 274 g/mol. The second kappa shape index (κ2) is 5.19. The van der Waals surface area contributed by atoms with Gasteiger partial charge in [-0.25, -0.2) is 0 Å². The minimum Gasteiger partial charge on any atom is -0.465 e. The number of nitrogens with one attached hydrogen (secondary N) is 1. The van der Waals surface area contributed by atoms with Crippen LogP contribution in [0.5, 0.6) is 0 Å². The maximum atomic E-state index is 5.93. The van der Waals surface area contributed by atoms with E-state index >= 15 is 0 Å². The van der Waals surface area contributed by atoms with Crippen LogP contribution in [0.4, 0.5) is 0 Å². The molecule has 1 heterocycles. The molecule has 1 aromatic rings. The number of nitrogens with zero attached hydrogens (tertiary/aromatic N) is 1. The van der Waals surface area contributed by atoms with E-state index in [1.165, 1.54) is 50.6 Å². The number of hydrogen-bond acceptors (Lipinski definition) is 3. The van der Waals surface area contributed by atoms with Crippen molar-refractivity contribution in [2.24, 2.45) is 5.92 Å². The summed E-state index contributed by atoms with van der Waals surface area (Å²) in [5.74, 6) is 3.23. The number of aryl methyl sites for hydroxylation is 1. The minimum atomic E-state index is 0.752. The average Bonchev–Trinajstić information content (AvgIpc) is 3.27. The van der Waals surface area contributed by atoms with E-state index in [9.17, 15) is 0 Å². The smallest absolute Gasteiger partial charge is 0.118 e. The van der Waals surface area contributed by atoms with E-state index in [1.54, 1.807) is 0 Å². The van der Waals surface area contributed by atoms with Crippen LogP contribution in [0.25, 0.3) is 0 Å². The van der Waals surface area contributed by atoms with Crippen LogP contribution in [0.15, 0.2) is 10.5 Å². The van der Waals surface area contributed by atoms with Crippen LogP contribution < -0.4 is 5.32 Å². The zero-order valence-electron chi connectivity index (χ0n) is 12.5. The number of rotatable bonds is 8.